The maximum atomic E-state index is 11.2. The molecule has 18 heavy (non-hydrogen) atoms. The van der Waals surface area contributed by atoms with E-state index >= 15 is 0 Å². The molecule has 0 radical (unpaired) electrons. The third kappa shape index (κ3) is 3.56. The van der Waals surface area contributed by atoms with Crippen molar-refractivity contribution in [3.8, 4) is 0 Å². The Balaban J connectivity index is 2.79. The highest BCUT2D eigenvalue weighted by Crippen LogP contribution is 2.09. The first-order valence-electron chi connectivity index (χ1n) is 5.77. The lowest BCUT2D eigenvalue weighted by molar-refractivity contribution is -0.140. The molecule has 1 aromatic rings. The third-order valence-corrected chi connectivity index (χ3v) is 2.73. The molecule has 0 aromatic heterocycles. The molecule has 1 aromatic carbocycles. The number of hydrogen-bond acceptors (Lipinski definition) is 3. The fourth-order valence-electron chi connectivity index (χ4n) is 1.74. The smallest absolute Gasteiger partial charge is 0.320 e. The standard InChI is InChI=1S/C13H18N2O3/c1-8(2)11(13(17)18)15-7-9-5-3-4-6-10(9)12(14)16/h3-6,8,11,15H,7H2,1-2H3,(H2,14,16)(H,17,18). The molecule has 0 saturated carbocycles. The molecule has 0 heterocycles. The maximum Gasteiger partial charge on any atom is 0.320 e. The molecule has 0 aliphatic heterocycles. The van der Waals surface area contributed by atoms with Crippen LogP contribution in [0.15, 0.2) is 24.3 Å². The first-order chi connectivity index (χ1) is 8.43. The summed E-state index contributed by atoms with van der Waals surface area (Å²) in [4.78, 5) is 22.2. The number of rotatable bonds is 6. The molecule has 0 aliphatic rings. The van der Waals surface area contributed by atoms with Gasteiger partial charge in [-0.05, 0) is 17.5 Å². The highest BCUT2D eigenvalue weighted by atomic mass is 16.4. The Kier molecular flexibility index (Phi) is 4.85. The predicted molar refractivity (Wildman–Crippen MR) is 68.1 cm³/mol. The van der Waals surface area contributed by atoms with Gasteiger partial charge in [0, 0.05) is 12.1 Å². The van der Waals surface area contributed by atoms with E-state index in [2.05, 4.69) is 5.32 Å². The van der Waals surface area contributed by atoms with Gasteiger partial charge in [0.15, 0.2) is 0 Å². The van der Waals surface area contributed by atoms with Gasteiger partial charge in [0.25, 0.3) is 0 Å². The molecule has 5 heteroatoms. The first-order valence-corrected chi connectivity index (χ1v) is 5.77. The molecule has 0 bridgehead atoms. The van der Waals surface area contributed by atoms with Crippen LogP contribution >= 0.6 is 0 Å². The van der Waals surface area contributed by atoms with E-state index in [1.807, 2.05) is 13.8 Å². The van der Waals surface area contributed by atoms with Gasteiger partial charge in [-0.25, -0.2) is 0 Å². The molecule has 1 unspecified atom stereocenters. The van der Waals surface area contributed by atoms with E-state index in [1.165, 1.54) is 0 Å². The normalized spacial score (nSPS) is 12.4. The Labute approximate surface area is 106 Å². The molecule has 98 valence electrons. The summed E-state index contributed by atoms with van der Waals surface area (Å²) in [6.07, 6.45) is 0. The molecule has 5 nitrogen and oxygen atoms in total. The number of carbonyl (C=O) groups excluding carboxylic acids is 1. The minimum absolute atomic E-state index is 0.0387. The highest BCUT2D eigenvalue weighted by molar-refractivity contribution is 5.94. The highest BCUT2D eigenvalue weighted by Gasteiger charge is 2.21. The number of amides is 1. The van der Waals surface area contributed by atoms with Crippen molar-refractivity contribution in [3.05, 3.63) is 35.4 Å². The second-order valence-corrected chi connectivity index (χ2v) is 4.46. The van der Waals surface area contributed by atoms with Gasteiger partial charge in [0.05, 0.1) is 0 Å². The van der Waals surface area contributed by atoms with E-state index in [-0.39, 0.29) is 5.92 Å². The predicted octanol–water partition coefficient (Wildman–Crippen LogP) is 0.984. The number of benzene rings is 1. The van der Waals surface area contributed by atoms with Gasteiger partial charge in [-0.1, -0.05) is 32.0 Å². The number of aliphatic carboxylic acids is 1. The zero-order valence-corrected chi connectivity index (χ0v) is 10.5. The monoisotopic (exact) mass is 250 g/mol. The summed E-state index contributed by atoms with van der Waals surface area (Å²) in [5.74, 6) is -1.45. The van der Waals surface area contributed by atoms with Crippen LogP contribution in [0.2, 0.25) is 0 Å². The van der Waals surface area contributed by atoms with E-state index in [9.17, 15) is 9.59 Å². The fourth-order valence-corrected chi connectivity index (χ4v) is 1.74. The minimum Gasteiger partial charge on any atom is -0.480 e. The van der Waals surface area contributed by atoms with Crippen molar-refractivity contribution >= 4 is 11.9 Å². The van der Waals surface area contributed by atoms with E-state index in [4.69, 9.17) is 10.8 Å². The Bertz CT molecular complexity index is 444. The van der Waals surface area contributed by atoms with Crippen LogP contribution in [0.5, 0.6) is 0 Å². The average Bonchev–Trinajstić information content (AvgIpc) is 2.28. The quantitative estimate of drug-likeness (QED) is 0.701. The van der Waals surface area contributed by atoms with Crippen molar-refractivity contribution in [3.63, 3.8) is 0 Å². The number of carboxylic acid groups (broad SMARTS) is 1. The van der Waals surface area contributed by atoms with Crippen LogP contribution in [-0.2, 0) is 11.3 Å². The molecular weight excluding hydrogens is 232 g/mol. The number of carboxylic acids is 1. The van der Waals surface area contributed by atoms with Crippen LogP contribution < -0.4 is 11.1 Å². The Morgan fingerprint density at radius 3 is 2.44 bits per heavy atom. The SMILES string of the molecule is CC(C)C(NCc1ccccc1C(N)=O)C(=O)O. The van der Waals surface area contributed by atoms with Gasteiger partial charge < -0.3 is 16.2 Å². The molecule has 1 amide bonds. The lowest BCUT2D eigenvalue weighted by atomic mass is 10.0. The van der Waals surface area contributed by atoms with Crippen molar-refractivity contribution < 1.29 is 14.7 Å². The molecule has 1 atom stereocenters. The minimum atomic E-state index is -0.901. The van der Waals surface area contributed by atoms with Crippen LogP contribution in [0.1, 0.15) is 29.8 Å². The van der Waals surface area contributed by atoms with Crippen LogP contribution in [0.4, 0.5) is 0 Å². The second-order valence-electron chi connectivity index (χ2n) is 4.46. The van der Waals surface area contributed by atoms with Gasteiger partial charge in [-0.2, -0.15) is 0 Å². The first kappa shape index (κ1) is 14.2. The summed E-state index contributed by atoms with van der Waals surface area (Å²) in [6.45, 7) is 3.95. The zero-order chi connectivity index (χ0) is 13.7. The summed E-state index contributed by atoms with van der Waals surface area (Å²) in [5, 5.41) is 12.0. The largest absolute Gasteiger partial charge is 0.480 e. The Morgan fingerprint density at radius 1 is 1.33 bits per heavy atom. The summed E-state index contributed by atoms with van der Waals surface area (Å²) in [5.41, 5.74) is 6.38. The van der Waals surface area contributed by atoms with Crippen LogP contribution in [0, 0.1) is 5.92 Å². The average molecular weight is 250 g/mol. The van der Waals surface area contributed by atoms with Gasteiger partial charge in [-0.3, -0.25) is 9.59 Å². The summed E-state index contributed by atoms with van der Waals surface area (Å²) in [6, 6.07) is 6.25. The van der Waals surface area contributed by atoms with Crippen molar-refractivity contribution in [1.82, 2.24) is 5.32 Å². The van der Waals surface area contributed by atoms with E-state index in [0.29, 0.717) is 17.7 Å². The van der Waals surface area contributed by atoms with Crippen LogP contribution in [0.3, 0.4) is 0 Å². The summed E-state index contributed by atoms with van der Waals surface area (Å²) in [7, 11) is 0. The molecule has 0 saturated heterocycles. The van der Waals surface area contributed by atoms with Crippen molar-refractivity contribution in [1.29, 1.82) is 0 Å². The van der Waals surface area contributed by atoms with Gasteiger partial charge in [-0.15, -0.1) is 0 Å². The molecule has 0 aliphatic carbocycles. The molecule has 1 rings (SSSR count). The van der Waals surface area contributed by atoms with Gasteiger partial charge >= 0.3 is 5.97 Å². The zero-order valence-electron chi connectivity index (χ0n) is 10.5. The second kappa shape index (κ2) is 6.16. The fraction of sp³-hybridized carbons (Fsp3) is 0.385. The lowest BCUT2D eigenvalue weighted by Crippen LogP contribution is -2.40. The van der Waals surface area contributed by atoms with Crippen LogP contribution in [-0.4, -0.2) is 23.0 Å². The van der Waals surface area contributed by atoms with Gasteiger partial charge in [0.2, 0.25) is 5.91 Å². The maximum absolute atomic E-state index is 11.2. The van der Waals surface area contributed by atoms with E-state index in [0.717, 1.165) is 0 Å². The van der Waals surface area contributed by atoms with E-state index < -0.39 is 17.9 Å². The number of primary amides is 1. The molecular formula is C13H18N2O3. The summed E-state index contributed by atoms with van der Waals surface area (Å²) < 4.78 is 0. The van der Waals surface area contributed by atoms with Gasteiger partial charge in [0.1, 0.15) is 6.04 Å². The number of hydrogen-bond donors (Lipinski definition) is 3. The number of nitrogens with two attached hydrogens (primary N) is 1. The number of carbonyl (C=O) groups is 2. The Hall–Kier alpha value is -1.88. The lowest BCUT2D eigenvalue weighted by Gasteiger charge is -2.18. The van der Waals surface area contributed by atoms with Crippen molar-refractivity contribution in [2.45, 2.75) is 26.4 Å². The molecule has 0 spiro atoms. The van der Waals surface area contributed by atoms with Crippen molar-refractivity contribution in [2.24, 2.45) is 11.7 Å². The third-order valence-electron chi connectivity index (χ3n) is 2.73. The molecule has 4 N–H and O–H groups in total. The van der Waals surface area contributed by atoms with E-state index in [1.54, 1.807) is 24.3 Å². The Morgan fingerprint density at radius 2 is 1.94 bits per heavy atom. The van der Waals surface area contributed by atoms with Crippen molar-refractivity contribution in [2.75, 3.05) is 0 Å². The summed E-state index contributed by atoms with van der Waals surface area (Å²) >= 11 is 0. The van der Waals surface area contributed by atoms with Crippen LogP contribution in [0.25, 0.3) is 0 Å². The number of nitrogens with one attached hydrogen (secondary N) is 1. The topological polar surface area (TPSA) is 92.4 Å². The molecule has 0 fully saturated rings.